The largest absolute Gasteiger partial charge is 0.313 e. The number of benzene rings is 2. The van der Waals surface area contributed by atoms with Crippen LogP contribution in [0.25, 0.3) is 0 Å². The van der Waals surface area contributed by atoms with Gasteiger partial charge in [-0.1, -0.05) is 46.9 Å². The summed E-state index contributed by atoms with van der Waals surface area (Å²) in [7, 11) is 1.85. The smallest absolute Gasteiger partial charge is 0.141 e. The van der Waals surface area contributed by atoms with Crippen LogP contribution in [0.3, 0.4) is 0 Å². The molecule has 2 aromatic carbocycles. The molecule has 0 saturated heterocycles. The maximum absolute atomic E-state index is 13.2. The van der Waals surface area contributed by atoms with E-state index in [2.05, 4.69) is 5.32 Å². The van der Waals surface area contributed by atoms with E-state index < -0.39 is 5.82 Å². The molecule has 0 spiro atoms. The maximum Gasteiger partial charge on any atom is 0.141 e. The minimum absolute atomic E-state index is 0.00120. The SMILES string of the molecule is CNC(Cc1ccc(F)c(Cl)c1)c1ccc(Cl)cc1Cl. The first-order valence-corrected chi connectivity index (χ1v) is 7.21. The molecule has 1 N–H and O–H groups in total. The third-order valence-electron chi connectivity index (χ3n) is 3.11. The molecule has 0 aliphatic rings. The monoisotopic (exact) mass is 331 g/mol. The second-order valence-corrected chi connectivity index (χ2v) is 5.71. The van der Waals surface area contributed by atoms with Gasteiger partial charge in [-0.05, 0) is 48.9 Å². The number of nitrogens with one attached hydrogen (secondary N) is 1. The molecule has 0 bridgehead atoms. The lowest BCUT2D eigenvalue weighted by Gasteiger charge is -2.18. The Morgan fingerprint density at radius 2 is 1.80 bits per heavy atom. The molecule has 0 fully saturated rings. The van der Waals surface area contributed by atoms with Crippen LogP contribution in [0.2, 0.25) is 15.1 Å². The lowest BCUT2D eigenvalue weighted by atomic mass is 9.99. The molecule has 0 saturated carbocycles. The van der Waals surface area contributed by atoms with E-state index in [9.17, 15) is 4.39 Å². The number of hydrogen-bond acceptors (Lipinski definition) is 1. The second kappa shape index (κ2) is 6.77. The molecule has 0 aliphatic heterocycles. The van der Waals surface area contributed by atoms with Gasteiger partial charge < -0.3 is 5.32 Å². The fraction of sp³-hybridized carbons (Fsp3) is 0.200. The van der Waals surface area contributed by atoms with Crippen molar-refractivity contribution in [1.29, 1.82) is 0 Å². The van der Waals surface area contributed by atoms with Crippen molar-refractivity contribution >= 4 is 34.8 Å². The highest BCUT2D eigenvalue weighted by Gasteiger charge is 2.14. The predicted molar refractivity (Wildman–Crippen MR) is 83.4 cm³/mol. The summed E-state index contributed by atoms with van der Waals surface area (Å²) in [5.74, 6) is -0.416. The molecular formula is C15H13Cl3FN. The topological polar surface area (TPSA) is 12.0 Å². The van der Waals surface area contributed by atoms with E-state index >= 15 is 0 Å². The van der Waals surface area contributed by atoms with E-state index in [1.54, 1.807) is 24.3 Å². The van der Waals surface area contributed by atoms with Gasteiger partial charge in [0.15, 0.2) is 0 Å². The van der Waals surface area contributed by atoms with E-state index in [0.717, 1.165) is 11.1 Å². The van der Waals surface area contributed by atoms with Gasteiger partial charge in [0.25, 0.3) is 0 Å². The molecule has 2 rings (SSSR count). The summed E-state index contributed by atoms with van der Waals surface area (Å²) in [5, 5.41) is 4.52. The molecule has 20 heavy (non-hydrogen) atoms. The van der Waals surface area contributed by atoms with E-state index in [4.69, 9.17) is 34.8 Å². The summed E-state index contributed by atoms with van der Waals surface area (Å²) in [6.45, 7) is 0. The van der Waals surface area contributed by atoms with Gasteiger partial charge >= 0.3 is 0 Å². The van der Waals surface area contributed by atoms with Crippen molar-refractivity contribution in [1.82, 2.24) is 5.32 Å². The van der Waals surface area contributed by atoms with Gasteiger partial charge in [0.2, 0.25) is 0 Å². The van der Waals surface area contributed by atoms with E-state index in [-0.39, 0.29) is 11.1 Å². The Bertz CT molecular complexity index is 616. The molecule has 0 aliphatic carbocycles. The fourth-order valence-electron chi connectivity index (χ4n) is 2.05. The minimum atomic E-state index is -0.416. The Morgan fingerprint density at radius 1 is 1.05 bits per heavy atom. The zero-order chi connectivity index (χ0) is 14.7. The quantitative estimate of drug-likeness (QED) is 0.802. The standard InChI is InChI=1S/C15H13Cl3FN/c1-20-15(11-4-3-10(16)8-12(11)17)7-9-2-5-14(19)13(18)6-9/h2-6,8,15,20H,7H2,1H3. The molecule has 1 nitrogen and oxygen atoms in total. The zero-order valence-electron chi connectivity index (χ0n) is 10.8. The highest BCUT2D eigenvalue weighted by Crippen LogP contribution is 2.29. The molecule has 1 unspecified atom stereocenters. The lowest BCUT2D eigenvalue weighted by molar-refractivity contribution is 0.589. The Hall–Kier alpha value is -0.800. The highest BCUT2D eigenvalue weighted by atomic mass is 35.5. The van der Waals surface area contributed by atoms with Crippen LogP contribution in [0.15, 0.2) is 36.4 Å². The molecule has 106 valence electrons. The first kappa shape index (κ1) is 15.6. The molecule has 0 amide bonds. The maximum atomic E-state index is 13.2. The third-order valence-corrected chi connectivity index (χ3v) is 3.96. The Morgan fingerprint density at radius 3 is 2.40 bits per heavy atom. The molecule has 0 heterocycles. The minimum Gasteiger partial charge on any atom is -0.313 e. The Labute approximate surface area is 132 Å². The average Bonchev–Trinajstić information content (AvgIpc) is 2.41. The predicted octanol–water partition coefficient (Wildman–Crippen LogP) is 5.29. The van der Waals surface area contributed by atoms with Gasteiger partial charge in [0.05, 0.1) is 5.02 Å². The normalized spacial score (nSPS) is 12.4. The summed E-state index contributed by atoms with van der Waals surface area (Å²) < 4.78 is 13.2. The average molecular weight is 333 g/mol. The molecule has 5 heteroatoms. The van der Waals surface area contributed by atoms with Crippen LogP contribution in [-0.4, -0.2) is 7.05 Å². The second-order valence-electron chi connectivity index (χ2n) is 4.46. The number of rotatable bonds is 4. The fourth-order valence-corrected chi connectivity index (χ4v) is 2.80. The van der Waals surface area contributed by atoms with Crippen LogP contribution in [0.4, 0.5) is 4.39 Å². The van der Waals surface area contributed by atoms with Crippen LogP contribution >= 0.6 is 34.8 Å². The van der Waals surface area contributed by atoms with E-state index in [1.807, 2.05) is 13.1 Å². The van der Waals surface area contributed by atoms with Crippen molar-refractivity contribution in [2.24, 2.45) is 0 Å². The summed E-state index contributed by atoms with van der Waals surface area (Å²) in [5.41, 5.74) is 1.88. The zero-order valence-corrected chi connectivity index (χ0v) is 13.0. The summed E-state index contributed by atoms with van der Waals surface area (Å²) in [4.78, 5) is 0. The van der Waals surface area contributed by atoms with Gasteiger partial charge in [-0.25, -0.2) is 4.39 Å². The van der Waals surface area contributed by atoms with Crippen LogP contribution in [0.1, 0.15) is 17.2 Å². The van der Waals surface area contributed by atoms with Gasteiger partial charge in [-0.3, -0.25) is 0 Å². The Balaban J connectivity index is 2.26. The Kier molecular flexibility index (Phi) is 5.28. The number of hydrogen-bond donors (Lipinski definition) is 1. The van der Waals surface area contributed by atoms with Gasteiger partial charge in [0, 0.05) is 16.1 Å². The summed E-state index contributed by atoms with van der Waals surface area (Å²) in [6, 6.07) is 10.1. The van der Waals surface area contributed by atoms with Gasteiger partial charge in [0.1, 0.15) is 5.82 Å². The molecular weight excluding hydrogens is 320 g/mol. The summed E-state index contributed by atoms with van der Waals surface area (Å²) in [6.07, 6.45) is 0.651. The number of halogens is 4. The first-order valence-electron chi connectivity index (χ1n) is 6.07. The van der Waals surface area contributed by atoms with Crippen molar-refractivity contribution in [3.63, 3.8) is 0 Å². The van der Waals surface area contributed by atoms with Crippen LogP contribution < -0.4 is 5.32 Å². The van der Waals surface area contributed by atoms with Crippen molar-refractivity contribution in [2.75, 3.05) is 7.05 Å². The van der Waals surface area contributed by atoms with Crippen LogP contribution in [-0.2, 0) is 6.42 Å². The molecule has 2 aromatic rings. The van der Waals surface area contributed by atoms with Crippen LogP contribution in [0, 0.1) is 5.82 Å². The molecule has 0 aromatic heterocycles. The van der Waals surface area contributed by atoms with E-state index in [0.29, 0.717) is 16.5 Å². The first-order chi connectivity index (χ1) is 9.51. The highest BCUT2D eigenvalue weighted by molar-refractivity contribution is 6.35. The van der Waals surface area contributed by atoms with Gasteiger partial charge in [-0.2, -0.15) is 0 Å². The van der Waals surface area contributed by atoms with Crippen molar-refractivity contribution in [3.05, 3.63) is 68.4 Å². The van der Waals surface area contributed by atoms with Crippen molar-refractivity contribution < 1.29 is 4.39 Å². The van der Waals surface area contributed by atoms with Crippen molar-refractivity contribution in [3.8, 4) is 0 Å². The molecule has 0 radical (unpaired) electrons. The third kappa shape index (κ3) is 3.64. The van der Waals surface area contributed by atoms with E-state index in [1.165, 1.54) is 6.07 Å². The van der Waals surface area contributed by atoms with Crippen LogP contribution in [0.5, 0.6) is 0 Å². The summed E-state index contributed by atoms with van der Waals surface area (Å²) >= 11 is 17.9. The van der Waals surface area contributed by atoms with Gasteiger partial charge in [-0.15, -0.1) is 0 Å². The number of likely N-dealkylation sites (N-methyl/N-ethyl adjacent to an activating group) is 1. The molecule has 1 atom stereocenters. The van der Waals surface area contributed by atoms with Crippen molar-refractivity contribution in [2.45, 2.75) is 12.5 Å². The lowest BCUT2D eigenvalue weighted by Crippen LogP contribution is -2.19.